The molecule has 0 radical (unpaired) electrons. The van der Waals surface area contributed by atoms with Gasteiger partial charge in [-0.25, -0.2) is 4.79 Å². The fourth-order valence-corrected chi connectivity index (χ4v) is 2.76. The van der Waals surface area contributed by atoms with E-state index in [0.29, 0.717) is 11.4 Å². The molecule has 0 aromatic carbocycles. The van der Waals surface area contributed by atoms with E-state index in [4.69, 9.17) is 4.74 Å². The van der Waals surface area contributed by atoms with E-state index < -0.39 is 18.0 Å². The number of nitrogens with zero attached hydrogens (tertiary/aromatic N) is 4. The third-order valence-corrected chi connectivity index (χ3v) is 4.43. The summed E-state index contributed by atoms with van der Waals surface area (Å²) in [6.07, 6.45) is -0.694. The average molecular weight is 379 g/mol. The second-order valence-corrected chi connectivity index (χ2v) is 6.58. The van der Waals surface area contributed by atoms with Gasteiger partial charge in [0, 0.05) is 27.1 Å². The number of rotatable bonds is 7. The number of urea groups is 1. The van der Waals surface area contributed by atoms with Gasteiger partial charge in [-0.1, -0.05) is 0 Å². The molecule has 0 unspecified atom stereocenters. The van der Waals surface area contributed by atoms with Crippen LogP contribution in [0.25, 0.3) is 0 Å². The first kappa shape index (κ1) is 20.4. The molecule has 2 rings (SSSR count). The van der Waals surface area contributed by atoms with Crippen molar-refractivity contribution in [3.05, 3.63) is 11.4 Å². The van der Waals surface area contributed by atoms with Crippen molar-refractivity contribution in [3.63, 3.8) is 0 Å². The monoisotopic (exact) mass is 379 g/mol. The maximum absolute atomic E-state index is 12.2. The molecular formula is C17H25N5O5. The summed E-state index contributed by atoms with van der Waals surface area (Å²) in [7, 11) is 3.32. The molecule has 0 spiro atoms. The van der Waals surface area contributed by atoms with Crippen molar-refractivity contribution in [2.75, 3.05) is 25.5 Å². The number of aryl methyl sites for hydroxylation is 2. The van der Waals surface area contributed by atoms with Crippen molar-refractivity contribution in [2.24, 2.45) is 7.05 Å². The third kappa shape index (κ3) is 4.63. The molecular weight excluding hydrogens is 354 g/mol. The number of hydrogen-bond donors (Lipinski definition) is 1. The average Bonchev–Trinajstić information content (AvgIpc) is 2.97. The van der Waals surface area contributed by atoms with Crippen LogP contribution in [0.15, 0.2) is 0 Å². The van der Waals surface area contributed by atoms with Crippen LogP contribution in [-0.2, 0) is 26.2 Å². The maximum Gasteiger partial charge on any atom is 0.326 e. The number of anilines is 1. The molecule has 4 amide bonds. The first-order chi connectivity index (χ1) is 12.6. The first-order valence-corrected chi connectivity index (χ1v) is 8.67. The number of esters is 1. The SMILES string of the molecule is Cc1nn(C)c(C)c1NC(=O)[C@@H](C)OC(=O)CCCN1C(=O)CN(C)C1=O. The molecule has 27 heavy (non-hydrogen) atoms. The van der Waals surface area contributed by atoms with Gasteiger partial charge in [0.15, 0.2) is 6.10 Å². The fraction of sp³-hybridized carbons (Fsp3) is 0.588. The maximum atomic E-state index is 12.2. The Labute approximate surface area is 157 Å². The van der Waals surface area contributed by atoms with Crippen LogP contribution < -0.4 is 5.32 Å². The lowest BCUT2D eigenvalue weighted by atomic mass is 10.2. The highest BCUT2D eigenvalue weighted by atomic mass is 16.5. The predicted octanol–water partition coefficient (Wildman–Crippen LogP) is 0.581. The lowest BCUT2D eigenvalue weighted by molar-refractivity contribution is -0.153. The summed E-state index contributed by atoms with van der Waals surface area (Å²) in [5.41, 5.74) is 2.07. The number of amides is 4. The third-order valence-electron chi connectivity index (χ3n) is 4.43. The van der Waals surface area contributed by atoms with Crippen LogP contribution in [-0.4, -0.2) is 69.6 Å². The summed E-state index contributed by atoms with van der Waals surface area (Å²) in [5.74, 6) is -1.30. The number of likely N-dealkylation sites (N-methyl/N-ethyl adjacent to an activating group) is 1. The molecule has 1 aliphatic heterocycles. The van der Waals surface area contributed by atoms with Crippen LogP contribution in [0, 0.1) is 13.8 Å². The normalized spacial score (nSPS) is 15.3. The van der Waals surface area contributed by atoms with Gasteiger partial charge >= 0.3 is 12.0 Å². The summed E-state index contributed by atoms with van der Waals surface area (Å²) >= 11 is 0. The van der Waals surface area contributed by atoms with Crippen molar-refractivity contribution in [2.45, 2.75) is 39.7 Å². The molecule has 1 aromatic rings. The lowest BCUT2D eigenvalue weighted by Crippen LogP contribution is -2.33. The van der Waals surface area contributed by atoms with Crippen LogP contribution in [0.3, 0.4) is 0 Å². The highest BCUT2D eigenvalue weighted by Gasteiger charge is 2.33. The Bertz CT molecular complexity index is 772. The van der Waals surface area contributed by atoms with E-state index in [1.165, 1.54) is 11.8 Å². The van der Waals surface area contributed by atoms with Gasteiger partial charge in [-0.2, -0.15) is 5.10 Å². The molecule has 0 saturated carbocycles. The van der Waals surface area contributed by atoms with Crippen LogP contribution in [0.1, 0.15) is 31.2 Å². The zero-order valence-electron chi connectivity index (χ0n) is 16.2. The molecule has 0 bridgehead atoms. The predicted molar refractivity (Wildman–Crippen MR) is 95.8 cm³/mol. The largest absolute Gasteiger partial charge is 0.453 e. The van der Waals surface area contributed by atoms with Gasteiger partial charge in [0.2, 0.25) is 5.91 Å². The summed E-state index contributed by atoms with van der Waals surface area (Å²) in [4.78, 5) is 50.0. The highest BCUT2D eigenvalue weighted by molar-refractivity contribution is 6.01. The van der Waals surface area contributed by atoms with Gasteiger partial charge in [-0.05, 0) is 27.2 Å². The van der Waals surface area contributed by atoms with E-state index in [1.54, 1.807) is 25.7 Å². The second kappa shape index (κ2) is 8.19. The Morgan fingerprint density at radius 1 is 1.26 bits per heavy atom. The molecule has 10 nitrogen and oxygen atoms in total. The van der Waals surface area contributed by atoms with Gasteiger partial charge < -0.3 is 15.0 Å². The highest BCUT2D eigenvalue weighted by Crippen LogP contribution is 2.19. The molecule has 1 fully saturated rings. The summed E-state index contributed by atoms with van der Waals surface area (Å²) < 4.78 is 6.79. The number of nitrogens with one attached hydrogen (secondary N) is 1. The van der Waals surface area contributed by atoms with Crippen molar-refractivity contribution >= 4 is 29.5 Å². The Hall–Kier alpha value is -2.91. The van der Waals surface area contributed by atoms with Gasteiger partial charge in [0.1, 0.15) is 6.54 Å². The molecule has 148 valence electrons. The molecule has 1 N–H and O–H groups in total. The molecule has 1 atom stereocenters. The molecule has 1 saturated heterocycles. The number of carbonyl (C=O) groups is 4. The standard InChI is InChI=1S/C17H25N5O5/c1-10-15(11(2)21(5)19-10)18-16(25)12(3)27-14(24)7-6-8-22-13(23)9-20(4)17(22)26/h12H,6-9H2,1-5H3,(H,18,25)/t12-/m1/s1. The van der Waals surface area contributed by atoms with Crippen LogP contribution >= 0.6 is 0 Å². The summed E-state index contributed by atoms with van der Waals surface area (Å²) in [6.45, 7) is 5.28. The van der Waals surface area contributed by atoms with Gasteiger partial charge in [0.05, 0.1) is 17.1 Å². The van der Waals surface area contributed by atoms with Gasteiger partial charge in [0.25, 0.3) is 5.91 Å². The Balaban J connectivity index is 1.78. The Morgan fingerprint density at radius 3 is 2.44 bits per heavy atom. The van der Waals surface area contributed by atoms with Crippen LogP contribution in [0.2, 0.25) is 0 Å². The van der Waals surface area contributed by atoms with Crippen molar-refractivity contribution in [1.82, 2.24) is 19.6 Å². The summed E-state index contributed by atoms with van der Waals surface area (Å²) in [5, 5.41) is 6.93. The molecule has 2 heterocycles. The van der Waals surface area contributed by atoms with E-state index in [-0.39, 0.29) is 37.9 Å². The van der Waals surface area contributed by atoms with E-state index >= 15 is 0 Å². The quantitative estimate of drug-likeness (QED) is 0.548. The van der Waals surface area contributed by atoms with Gasteiger partial charge in [-0.15, -0.1) is 0 Å². The summed E-state index contributed by atoms with van der Waals surface area (Å²) in [6, 6.07) is -0.372. The van der Waals surface area contributed by atoms with Gasteiger partial charge in [-0.3, -0.25) is 24.0 Å². The minimum absolute atomic E-state index is 0.00332. The van der Waals surface area contributed by atoms with E-state index in [9.17, 15) is 19.2 Å². The number of imide groups is 1. The minimum Gasteiger partial charge on any atom is -0.453 e. The van der Waals surface area contributed by atoms with Crippen molar-refractivity contribution in [3.8, 4) is 0 Å². The second-order valence-electron chi connectivity index (χ2n) is 6.58. The van der Waals surface area contributed by atoms with E-state index in [0.717, 1.165) is 10.6 Å². The van der Waals surface area contributed by atoms with Crippen molar-refractivity contribution < 1.29 is 23.9 Å². The lowest BCUT2D eigenvalue weighted by Gasteiger charge is -2.15. The number of carbonyl (C=O) groups excluding carboxylic acids is 4. The topological polar surface area (TPSA) is 114 Å². The number of aromatic nitrogens is 2. The smallest absolute Gasteiger partial charge is 0.326 e. The first-order valence-electron chi connectivity index (χ1n) is 8.67. The van der Waals surface area contributed by atoms with Crippen LogP contribution in [0.4, 0.5) is 10.5 Å². The van der Waals surface area contributed by atoms with E-state index in [2.05, 4.69) is 10.4 Å². The molecule has 10 heteroatoms. The zero-order valence-corrected chi connectivity index (χ0v) is 16.2. The molecule has 1 aliphatic rings. The molecule has 1 aromatic heterocycles. The van der Waals surface area contributed by atoms with Crippen LogP contribution in [0.5, 0.6) is 0 Å². The number of hydrogen-bond acceptors (Lipinski definition) is 6. The van der Waals surface area contributed by atoms with E-state index in [1.807, 2.05) is 6.92 Å². The minimum atomic E-state index is -0.974. The Morgan fingerprint density at radius 2 is 1.93 bits per heavy atom. The van der Waals surface area contributed by atoms with Crippen molar-refractivity contribution in [1.29, 1.82) is 0 Å². The molecule has 0 aliphatic carbocycles. The number of ether oxygens (including phenoxy) is 1. The zero-order chi connectivity index (χ0) is 20.3. The Kier molecular flexibility index (Phi) is 6.19. The fourth-order valence-electron chi connectivity index (χ4n) is 2.76.